The van der Waals surface area contributed by atoms with Gasteiger partial charge in [-0.15, -0.1) is 0 Å². The molecule has 0 bridgehead atoms. The van der Waals surface area contributed by atoms with E-state index in [1.54, 1.807) is 6.92 Å². The van der Waals surface area contributed by atoms with E-state index in [-0.39, 0.29) is 12.1 Å². The van der Waals surface area contributed by atoms with Crippen LogP contribution in [0.5, 0.6) is 0 Å². The highest BCUT2D eigenvalue weighted by Crippen LogP contribution is 2.17. The first-order chi connectivity index (χ1) is 10.0. The van der Waals surface area contributed by atoms with Crippen LogP contribution < -0.4 is 16.0 Å². The van der Waals surface area contributed by atoms with Gasteiger partial charge in [0.05, 0.1) is 6.61 Å². The number of urea groups is 1. The Hall–Kier alpha value is -1.46. The lowest BCUT2D eigenvalue weighted by atomic mass is 9.96. The maximum atomic E-state index is 12.0. The summed E-state index contributed by atoms with van der Waals surface area (Å²) in [5.74, 6) is 0.354. The van der Waals surface area contributed by atoms with Crippen LogP contribution in [0.15, 0.2) is 0 Å². The molecule has 1 atom stereocenters. The van der Waals surface area contributed by atoms with Crippen molar-refractivity contribution in [3.05, 3.63) is 0 Å². The number of rotatable bonds is 6. The van der Waals surface area contributed by atoms with Crippen molar-refractivity contribution in [1.29, 1.82) is 0 Å². The molecule has 3 amide bonds. The first kappa shape index (κ1) is 17.6. The predicted molar refractivity (Wildman–Crippen MR) is 81.9 cm³/mol. The maximum absolute atomic E-state index is 12.0. The third-order valence-corrected chi connectivity index (χ3v) is 3.52. The summed E-state index contributed by atoms with van der Waals surface area (Å²) in [7, 11) is 0. The number of hydrogen-bond acceptors (Lipinski definition) is 3. The first-order valence-corrected chi connectivity index (χ1v) is 8.01. The SMILES string of the molecule is CCOC(=O)N[C@@H](CC(C)C)NC(=O)NC1CCCCC1. The van der Waals surface area contributed by atoms with Gasteiger partial charge in [-0.05, 0) is 32.1 Å². The standard InChI is InChI=1S/C15H29N3O3/c1-4-21-15(20)18-13(10-11(2)3)17-14(19)16-12-8-6-5-7-9-12/h11-13H,4-10H2,1-3H3,(H,18,20)(H2,16,17,19)/t13-/m0/s1. The highest BCUT2D eigenvalue weighted by Gasteiger charge is 2.20. The lowest BCUT2D eigenvalue weighted by Gasteiger charge is -2.26. The average Bonchev–Trinajstić information content (AvgIpc) is 2.38. The van der Waals surface area contributed by atoms with E-state index in [4.69, 9.17) is 4.74 Å². The van der Waals surface area contributed by atoms with Gasteiger partial charge in [-0.25, -0.2) is 9.59 Å². The Bertz CT molecular complexity index is 328. The summed E-state index contributed by atoms with van der Waals surface area (Å²) < 4.78 is 4.86. The minimum atomic E-state index is -0.499. The number of alkyl carbamates (subject to hydrolysis) is 1. The van der Waals surface area contributed by atoms with Crippen LogP contribution in [-0.2, 0) is 4.74 Å². The zero-order chi connectivity index (χ0) is 15.7. The third kappa shape index (κ3) is 7.78. The van der Waals surface area contributed by atoms with Crippen LogP contribution in [0.3, 0.4) is 0 Å². The molecule has 1 fully saturated rings. The van der Waals surface area contributed by atoms with Gasteiger partial charge in [0.2, 0.25) is 0 Å². The smallest absolute Gasteiger partial charge is 0.408 e. The molecule has 0 aliphatic heterocycles. The lowest BCUT2D eigenvalue weighted by Crippen LogP contribution is -2.53. The van der Waals surface area contributed by atoms with Gasteiger partial charge in [0, 0.05) is 6.04 Å². The molecule has 0 heterocycles. The van der Waals surface area contributed by atoms with Crippen LogP contribution in [0.1, 0.15) is 59.3 Å². The summed E-state index contributed by atoms with van der Waals surface area (Å²) in [4.78, 5) is 23.5. The number of nitrogens with one attached hydrogen (secondary N) is 3. The quantitative estimate of drug-likeness (QED) is 0.660. The predicted octanol–water partition coefficient (Wildman–Crippen LogP) is 2.74. The van der Waals surface area contributed by atoms with E-state index in [9.17, 15) is 9.59 Å². The Balaban J connectivity index is 2.42. The van der Waals surface area contributed by atoms with Crippen LogP contribution >= 0.6 is 0 Å². The number of ether oxygens (including phenoxy) is 1. The molecule has 6 heteroatoms. The van der Waals surface area contributed by atoms with Crippen LogP contribution in [0, 0.1) is 5.92 Å². The Morgan fingerprint density at radius 2 is 1.81 bits per heavy atom. The molecule has 1 saturated carbocycles. The van der Waals surface area contributed by atoms with E-state index in [1.165, 1.54) is 19.3 Å². The zero-order valence-corrected chi connectivity index (χ0v) is 13.4. The van der Waals surface area contributed by atoms with Gasteiger partial charge in [0.1, 0.15) is 6.17 Å². The molecule has 0 spiro atoms. The molecule has 0 saturated heterocycles. The second kappa shape index (κ2) is 9.47. The molecule has 0 radical (unpaired) electrons. The second-order valence-corrected chi connectivity index (χ2v) is 6.00. The van der Waals surface area contributed by atoms with Crippen molar-refractivity contribution in [1.82, 2.24) is 16.0 Å². The molecule has 0 aromatic rings. The molecular weight excluding hydrogens is 270 g/mol. The van der Waals surface area contributed by atoms with Crippen molar-refractivity contribution in [3.63, 3.8) is 0 Å². The topological polar surface area (TPSA) is 79.5 Å². The molecule has 0 aromatic heterocycles. The number of carbonyl (C=O) groups excluding carboxylic acids is 2. The van der Waals surface area contributed by atoms with E-state index in [0.29, 0.717) is 18.9 Å². The van der Waals surface area contributed by atoms with Crippen LogP contribution in [0.25, 0.3) is 0 Å². The third-order valence-electron chi connectivity index (χ3n) is 3.52. The molecule has 0 aromatic carbocycles. The van der Waals surface area contributed by atoms with E-state index in [2.05, 4.69) is 16.0 Å². The summed E-state index contributed by atoms with van der Waals surface area (Å²) in [6.45, 7) is 6.15. The summed E-state index contributed by atoms with van der Waals surface area (Å²) >= 11 is 0. The molecule has 122 valence electrons. The van der Waals surface area contributed by atoms with Crippen LogP contribution in [0.4, 0.5) is 9.59 Å². The fourth-order valence-corrected chi connectivity index (χ4v) is 2.57. The van der Waals surface area contributed by atoms with Crippen molar-refractivity contribution in [2.45, 2.75) is 71.5 Å². The van der Waals surface area contributed by atoms with Gasteiger partial charge in [-0.1, -0.05) is 33.1 Å². The number of hydrogen-bond donors (Lipinski definition) is 3. The normalized spacial score (nSPS) is 17.1. The summed E-state index contributed by atoms with van der Waals surface area (Å²) in [5, 5.41) is 8.49. The van der Waals surface area contributed by atoms with Crippen molar-refractivity contribution < 1.29 is 14.3 Å². The van der Waals surface area contributed by atoms with Crippen LogP contribution in [-0.4, -0.2) is 30.9 Å². The van der Waals surface area contributed by atoms with Crippen molar-refractivity contribution in [2.24, 2.45) is 5.92 Å². The maximum Gasteiger partial charge on any atom is 0.408 e. The summed E-state index contributed by atoms with van der Waals surface area (Å²) in [6, 6.07) is 0.0328. The van der Waals surface area contributed by atoms with E-state index < -0.39 is 12.3 Å². The van der Waals surface area contributed by atoms with Gasteiger partial charge in [-0.3, -0.25) is 0 Å². The number of carbonyl (C=O) groups is 2. The average molecular weight is 299 g/mol. The fourth-order valence-electron chi connectivity index (χ4n) is 2.57. The Labute approximate surface area is 127 Å². The minimum absolute atomic E-state index is 0.218. The second-order valence-electron chi connectivity index (χ2n) is 6.00. The van der Waals surface area contributed by atoms with Gasteiger partial charge in [-0.2, -0.15) is 0 Å². The monoisotopic (exact) mass is 299 g/mol. The van der Waals surface area contributed by atoms with Gasteiger partial charge in [0.25, 0.3) is 0 Å². The largest absolute Gasteiger partial charge is 0.450 e. The zero-order valence-electron chi connectivity index (χ0n) is 13.4. The summed E-state index contributed by atoms with van der Waals surface area (Å²) in [5.41, 5.74) is 0. The van der Waals surface area contributed by atoms with Gasteiger partial charge < -0.3 is 20.7 Å². The first-order valence-electron chi connectivity index (χ1n) is 8.01. The minimum Gasteiger partial charge on any atom is -0.450 e. The highest BCUT2D eigenvalue weighted by atomic mass is 16.5. The molecule has 6 nitrogen and oxygen atoms in total. The fraction of sp³-hybridized carbons (Fsp3) is 0.867. The van der Waals surface area contributed by atoms with E-state index in [0.717, 1.165) is 12.8 Å². The van der Waals surface area contributed by atoms with E-state index in [1.807, 2.05) is 13.8 Å². The molecule has 3 N–H and O–H groups in total. The van der Waals surface area contributed by atoms with Crippen molar-refractivity contribution in [2.75, 3.05) is 6.61 Å². The van der Waals surface area contributed by atoms with Crippen molar-refractivity contribution >= 4 is 12.1 Å². The molecule has 1 aliphatic rings. The Kier molecular flexibility index (Phi) is 7.93. The lowest BCUT2D eigenvalue weighted by molar-refractivity contribution is 0.144. The molecule has 1 rings (SSSR count). The molecular formula is C15H29N3O3. The highest BCUT2D eigenvalue weighted by molar-refractivity contribution is 5.75. The molecule has 0 unspecified atom stereocenters. The van der Waals surface area contributed by atoms with Gasteiger partial charge in [0.15, 0.2) is 0 Å². The molecule has 1 aliphatic carbocycles. The molecule has 21 heavy (non-hydrogen) atoms. The summed E-state index contributed by atoms with van der Waals surface area (Å²) in [6.07, 6.45) is 5.41. The number of amides is 3. The van der Waals surface area contributed by atoms with Crippen LogP contribution in [0.2, 0.25) is 0 Å². The van der Waals surface area contributed by atoms with Gasteiger partial charge >= 0.3 is 12.1 Å². The van der Waals surface area contributed by atoms with E-state index >= 15 is 0 Å². The Morgan fingerprint density at radius 3 is 2.38 bits per heavy atom. The Morgan fingerprint density at radius 1 is 1.14 bits per heavy atom. The van der Waals surface area contributed by atoms with Crippen molar-refractivity contribution in [3.8, 4) is 0 Å².